The van der Waals surface area contributed by atoms with Gasteiger partial charge in [-0.3, -0.25) is 9.59 Å². The maximum atomic E-state index is 13.3. The summed E-state index contributed by atoms with van der Waals surface area (Å²) in [5, 5.41) is 11.5. The number of nitrogens with one attached hydrogen (secondary N) is 1. The second-order valence-electron chi connectivity index (χ2n) is 8.52. The van der Waals surface area contributed by atoms with Crippen LogP contribution in [-0.2, 0) is 14.3 Å². The lowest BCUT2D eigenvalue weighted by Crippen LogP contribution is -2.35. The first-order valence-corrected chi connectivity index (χ1v) is 11.0. The van der Waals surface area contributed by atoms with Gasteiger partial charge in [-0.25, -0.2) is 4.79 Å². The van der Waals surface area contributed by atoms with Gasteiger partial charge in [0.2, 0.25) is 0 Å². The summed E-state index contributed by atoms with van der Waals surface area (Å²) >= 11 is 0. The number of likely N-dealkylation sites (tertiary alicyclic amines) is 1. The third-order valence-corrected chi connectivity index (χ3v) is 6.13. The zero-order valence-corrected chi connectivity index (χ0v) is 21.0. The molecule has 1 saturated heterocycles. The number of amides is 1. The number of hydrogen-bond acceptors (Lipinski definition) is 8. The molecule has 0 radical (unpaired) electrons. The minimum atomic E-state index is -0.911. The van der Waals surface area contributed by atoms with Crippen molar-refractivity contribution < 1.29 is 33.7 Å². The molecule has 1 unspecified atom stereocenters. The van der Waals surface area contributed by atoms with Crippen LogP contribution in [0.25, 0.3) is 5.76 Å². The summed E-state index contributed by atoms with van der Waals surface area (Å²) in [4.78, 5) is 44.9. The molecule has 10 nitrogen and oxygen atoms in total. The number of ether oxygens (including phenoxy) is 3. The molecule has 0 saturated carbocycles. The Labute approximate surface area is 204 Å². The van der Waals surface area contributed by atoms with Gasteiger partial charge in [0.05, 0.1) is 32.9 Å². The molecular weight excluding hydrogens is 454 g/mol. The Morgan fingerprint density at radius 1 is 1.14 bits per heavy atom. The Morgan fingerprint density at radius 3 is 2.40 bits per heavy atom. The van der Waals surface area contributed by atoms with Crippen molar-refractivity contribution in [3.05, 3.63) is 51.9 Å². The lowest BCUT2D eigenvalue weighted by atomic mass is 9.93. The van der Waals surface area contributed by atoms with Crippen molar-refractivity contribution in [2.45, 2.75) is 19.9 Å². The first kappa shape index (κ1) is 25.8. The third kappa shape index (κ3) is 4.61. The van der Waals surface area contributed by atoms with E-state index < -0.39 is 23.7 Å². The number of benzene rings is 1. The molecule has 1 amide bonds. The van der Waals surface area contributed by atoms with E-state index in [1.165, 1.54) is 26.2 Å². The number of Topliss-reactive ketones (excluding diaryl/α,β-unsaturated/α-hetero) is 1. The summed E-state index contributed by atoms with van der Waals surface area (Å²) in [5.74, 6) is -1.59. The second-order valence-corrected chi connectivity index (χ2v) is 8.52. The highest BCUT2D eigenvalue weighted by atomic mass is 16.5. The van der Waals surface area contributed by atoms with Crippen LogP contribution in [0.5, 0.6) is 11.5 Å². The Bertz CT molecular complexity index is 1200. The molecule has 0 bridgehead atoms. The van der Waals surface area contributed by atoms with E-state index in [9.17, 15) is 19.5 Å². The molecule has 2 aromatic rings. The maximum absolute atomic E-state index is 13.3. The molecule has 1 fully saturated rings. The molecular formula is C25H31N3O7. The van der Waals surface area contributed by atoms with E-state index in [2.05, 4.69) is 4.98 Å². The summed E-state index contributed by atoms with van der Waals surface area (Å²) in [6.45, 7) is 4.04. The summed E-state index contributed by atoms with van der Waals surface area (Å²) in [6, 6.07) is 4.15. The van der Waals surface area contributed by atoms with E-state index in [1.54, 1.807) is 32.0 Å². The molecule has 35 heavy (non-hydrogen) atoms. The number of carbonyl (C=O) groups excluding carboxylic acids is 3. The number of aryl methyl sites for hydroxylation is 1. The smallest absolute Gasteiger partial charge is 0.354 e. The van der Waals surface area contributed by atoms with Gasteiger partial charge in [-0.15, -0.1) is 0 Å². The number of nitrogens with zero attached hydrogens (tertiary/aromatic N) is 2. The number of methoxy groups -OCH3 is 3. The predicted molar refractivity (Wildman–Crippen MR) is 129 cm³/mol. The van der Waals surface area contributed by atoms with Crippen LogP contribution in [0.2, 0.25) is 0 Å². The SMILES string of the molecule is COC(=O)c1[nH]c(C)c(C(O)=C2C(=O)C(=O)N(CCN(C)C)C2c2ccc(OC)cc2OC)c1C. The van der Waals surface area contributed by atoms with Crippen molar-refractivity contribution >= 4 is 23.4 Å². The van der Waals surface area contributed by atoms with E-state index in [4.69, 9.17) is 14.2 Å². The van der Waals surface area contributed by atoms with Gasteiger partial charge in [0.1, 0.15) is 23.0 Å². The van der Waals surface area contributed by atoms with Crippen LogP contribution in [0.3, 0.4) is 0 Å². The minimum absolute atomic E-state index is 0.0844. The van der Waals surface area contributed by atoms with E-state index in [0.29, 0.717) is 34.9 Å². The Kier molecular flexibility index (Phi) is 7.54. The van der Waals surface area contributed by atoms with E-state index in [-0.39, 0.29) is 29.1 Å². The topological polar surface area (TPSA) is 121 Å². The number of aliphatic hydroxyl groups is 1. The summed E-state index contributed by atoms with van der Waals surface area (Å²) in [5.41, 5.74) is 1.73. The van der Waals surface area contributed by atoms with Crippen molar-refractivity contribution in [2.75, 3.05) is 48.5 Å². The highest BCUT2D eigenvalue weighted by molar-refractivity contribution is 6.46. The minimum Gasteiger partial charge on any atom is -0.507 e. The highest BCUT2D eigenvalue weighted by Gasteiger charge is 2.47. The molecule has 0 spiro atoms. The van der Waals surface area contributed by atoms with Crippen LogP contribution < -0.4 is 9.47 Å². The number of ketones is 1. The first-order chi connectivity index (χ1) is 16.6. The van der Waals surface area contributed by atoms with Crippen molar-refractivity contribution in [2.24, 2.45) is 0 Å². The molecule has 188 valence electrons. The number of aliphatic hydroxyl groups excluding tert-OH is 1. The fourth-order valence-corrected chi connectivity index (χ4v) is 4.33. The average molecular weight is 486 g/mol. The number of H-pyrrole nitrogens is 1. The van der Waals surface area contributed by atoms with Gasteiger partial charge < -0.3 is 34.1 Å². The van der Waals surface area contributed by atoms with Crippen molar-refractivity contribution in [1.29, 1.82) is 0 Å². The van der Waals surface area contributed by atoms with Crippen molar-refractivity contribution in [1.82, 2.24) is 14.8 Å². The van der Waals surface area contributed by atoms with E-state index in [1.807, 2.05) is 19.0 Å². The first-order valence-electron chi connectivity index (χ1n) is 11.0. The van der Waals surface area contributed by atoms with Crippen LogP contribution in [-0.4, -0.2) is 86.1 Å². The summed E-state index contributed by atoms with van der Waals surface area (Å²) in [6.07, 6.45) is 0. The predicted octanol–water partition coefficient (Wildman–Crippen LogP) is 2.42. The fourth-order valence-electron chi connectivity index (χ4n) is 4.33. The molecule has 1 aromatic heterocycles. The van der Waals surface area contributed by atoms with E-state index >= 15 is 0 Å². The van der Waals surface area contributed by atoms with Gasteiger partial charge in [0.15, 0.2) is 0 Å². The van der Waals surface area contributed by atoms with Crippen LogP contribution in [0.15, 0.2) is 23.8 Å². The van der Waals surface area contributed by atoms with Crippen LogP contribution in [0.4, 0.5) is 0 Å². The monoisotopic (exact) mass is 485 g/mol. The van der Waals surface area contributed by atoms with Gasteiger partial charge in [0.25, 0.3) is 11.7 Å². The van der Waals surface area contributed by atoms with E-state index in [0.717, 1.165) is 0 Å². The second kappa shape index (κ2) is 10.2. The normalized spacial score (nSPS) is 17.3. The van der Waals surface area contributed by atoms with Gasteiger partial charge in [-0.1, -0.05) is 0 Å². The molecule has 0 aliphatic carbocycles. The molecule has 1 aromatic carbocycles. The number of aromatic nitrogens is 1. The number of hydrogen-bond donors (Lipinski definition) is 2. The Morgan fingerprint density at radius 2 is 1.83 bits per heavy atom. The summed E-state index contributed by atoms with van der Waals surface area (Å²) in [7, 11) is 7.98. The lowest BCUT2D eigenvalue weighted by Gasteiger charge is -2.27. The number of likely N-dealkylation sites (N-methyl/N-ethyl adjacent to an activating group) is 1. The third-order valence-electron chi connectivity index (χ3n) is 6.13. The number of esters is 1. The summed E-state index contributed by atoms with van der Waals surface area (Å²) < 4.78 is 15.7. The Hall–Kier alpha value is -3.79. The molecule has 2 N–H and O–H groups in total. The van der Waals surface area contributed by atoms with Gasteiger partial charge in [-0.05, 0) is 45.6 Å². The number of rotatable bonds is 8. The van der Waals surface area contributed by atoms with Crippen molar-refractivity contribution in [3.8, 4) is 11.5 Å². The molecule has 1 atom stereocenters. The van der Waals surface area contributed by atoms with Crippen LogP contribution in [0, 0.1) is 13.8 Å². The van der Waals surface area contributed by atoms with Gasteiger partial charge >= 0.3 is 5.97 Å². The highest BCUT2D eigenvalue weighted by Crippen LogP contribution is 2.44. The fraction of sp³-hybridized carbons (Fsp3) is 0.400. The van der Waals surface area contributed by atoms with Crippen molar-refractivity contribution in [3.63, 3.8) is 0 Å². The standard InChI is InChI=1S/C25H31N3O7/c1-13-18(14(2)26-20(13)25(32)35-7)22(29)19-21(16-9-8-15(33-5)12-17(16)34-6)28(11-10-27(3)4)24(31)23(19)30/h8-9,12,21,26,29H,10-11H2,1-7H3. The van der Waals surface area contributed by atoms with Crippen LogP contribution >= 0.6 is 0 Å². The quantitative estimate of drug-likeness (QED) is 0.253. The van der Waals surface area contributed by atoms with Gasteiger partial charge in [-0.2, -0.15) is 0 Å². The molecule has 2 heterocycles. The molecule has 10 heteroatoms. The molecule has 1 aliphatic rings. The van der Waals surface area contributed by atoms with Gasteiger partial charge in [0, 0.05) is 36.0 Å². The largest absolute Gasteiger partial charge is 0.507 e. The number of aromatic amines is 1. The number of carbonyl (C=O) groups is 3. The maximum Gasteiger partial charge on any atom is 0.354 e. The average Bonchev–Trinajstić information content (AvgIpc) is 3.28. The lowest BCUT2D eigenvalue weighted by molar-refractivity contribution is -0.140. The Balaban J connectivity index is 2.28. The van der Waals surface area contributed by atoms with Crippen LogP contribution in [0.1, 0.15) is 38.9 Å². The zero-order valence-electron chi connectivity index (χ0n) is 21.0. The molecule has 3 rings (SSSR count). The zero-order chi connectivity index (χ0) is 26.0. The molecule has 1 aliphatic heterocycles.